The summed E-state index contributed by atoms with van der Waals surface area (Å²) in [7, 11) is -1.93. The minimum atomic E-state index is -1.93. The van der Waals surface area contributed by atoms with Crippen LogP contribution in [0.5, 0.6) is 0 Å². The number of cyclic esters (lactones) is 1. The third-order valence-corrected chi connectivity index (χ3v) is 9.75. The first-order valence-corrected chi connectivity index (χ1v) is 11.6. The van der Waals surface area contributed by atoms with Crippen molar-refractivity contribution in [3.05, 3.63) is 12.2 Å². The predicted octanol–water partition coefficient (Wildman–Crippen LogP) is 4.05. The van der Waals surface area contributed by atoms with Crippen molar-refractivity contribution in [1.82, 2.24) is 0 Å². The summed E-state index contributed by atoms with van der Waals surface area (Å²) in [5.41, 5.74) is 0.387. The van der Waals surface area contributed by atoms with Crippen LogP contribution in [0.4, 0.5) is 0 Å². The number of rotatable bonds is 8. The van der Waals surface area contributed by atoms with E-state index < -0.39 is 14.4 Å². The molecule has 0 saturated carbocycles. The van der Waals surface area contributed by atoms with Gasteiger partial charge in [0.15, 0.2) is 8.32 Å². The average molecular weight is 343 g/mol. The molecule has 0 spiro atoms. The maximum absolute atomic E-state index is 11.8. The first-order valence-electron chi connectivity index (χ1n) is 8.73. The summed E-state index contributed by atoms with van der Waals surface area (Å²) in [6, 6.07) is 0. The fourth-order valence-electron chi connectivity index (χ4n) is 2.57. The lowest BCUT2D eigenvalue weighted by atomic mass is 9.89. The van der Waals surface area contributed by atoms with Crippen molar-refractivity contribution in [2.24, 2.45) is 5.92 Å². The van der Waals surface area contributed by atoms with E-state index in [-0.39, 0.29) is 29.6 Å². The van der Waals surface area contributed by atoms with Crippen LogP contribution in [0, 0.1) is 5.92 Å². The quantitative estimate of drug-likeness (QED) is 0.313. The Kier molecular flexibility index (Phi) is 7.05. The highest BCUT2D eigenvalue weighted by atomic mass is 28.4. The van der Waals surface area contributed by atoms with E-state index in [1.165, 1.54) is 0 Å². The molecule has 0 amide bonds. The summed E-state index contributed by atoms with van der Waals surface area (Å²) >= 11 is 0. The lowest BCUT2D eigenvalue weighted by molar-refractivity contribution is -0.139. The van der Waals surface area contributed by atoms with Crippen molar-refractivity contribution >= 4 is 14.3 Å². The van der Waals surface area contributed by atoms with Gasteiger partial charge in [0, 0.05) is 5.57 Å². The number of unbranched alkanes of at least 4 members (excludes halogenated alkanes) is 2. The molecule has 134 valence electrons. The van der Waals surface area contributed by atoms with Gasteiger partial charge < -0.3 is 14.3 Å². The Bertz CT molecular complexity index is 425. The van der Waals surface area contributed by atoms with Gasteiger partial charge in [0.2, 0.25) is 0 Å². The van der Waals surface area contributed by atoms with Crippen LogP contribution < -0.4 is 0 Å². The highest BCUT2D eigenvalue weighted by molar-refractivity contribution is 6.74. The van der Waals surface area contributed by atoms with Crippen LogP contribution in [0.2, 0.25) is 18.1 Å². The van der Waals surface area contributed by atoms with Gasteiger partial charge in [0.1, 0.15) is 6.10 Å². The molecule has 1 fully saturated rings. The summed E-state index contributed by atoms with van der Waals surface area (Å²) in [5.74, 6) is -0.716. The first kappa shape index (κ1) is 20.4. The largest absolute Gasteiger partial charge is 0.458 e. The molecular formula is C18H34O4Si. The van der Waals surface area contributed by atoms with Crippen LogP contribution in [-0.2, 0) is 14.0 Å². The van der Waals surface area contributed by atoms with E-state index in [1.807, 2.05) is 0 Å². The van der Waals surface area contributed by atoms with Crippen molar-refractivity contribution < 1.29 is 19.1 Å². The van der Waals surface area contributed by atoms with E-state index >= 15 is 0 Å². The van der Waals surface area contributed by atoms with Crippen LogP contribution in [0.1, 0.15) is 53.4 Å². The molecule has 1 aliphatic heterocycles. The molecule has 0 radical (unpaired) electrons. The van der Waals surface area contributed by atoms with Crippen molar-refractivity contribution in [2.75, 3.05) is 6.61 Å². The predicted molar refractivity (Wildman–Crippen MR) is 95.8 cm³/mol. The number of carbonyl (C=O) groups is 1. The third kappa shape index (κ3) is 5.16. The average Bonchev–Trinajstić information content (AvgIpc) is 2.71. The molecule has 0 unspecified atom stereocenters. The highest BCUT2D eigenvalue weighted by Gasteiger charge is 2.44. The second-order valence-electron chi connectivity index (χ2n) is 8.13. The van der Waals surface area contributed by atoms with E-state index in [4.69, 9.17) is 9.16 Å². The van der Waals surface area contributed by atoms with Gasteiger partial charge in [-0.05, 0) is 31.0 Å². The third-order valence-electron chi connectivity index (χ3n) is 5.25. The molecule has 0 aromatic heterocycles. The normalized spacial score (nSPS) is 24.0. The van der Waals surface area contributed by atoms with E-state index in [1.54, 1.807) is 0 Å². The summed E-state index contributed by atoms with van der Waals surface area (Å²) in [6.45, 7) is 17.0. The Morgan fingerprint density at radius 1 is 1.35 bits per heavy atom. The van der Waals surface area contributed by atoms with E-state index in [0.29, 0.717) is 5.57 Å². The van der Waals surface area contributed by atoms with Gasteiger partial charge in [-0.15, -0.1) is 0 Å². The number of aliphatic hydroxyl groups excluding tert-OH is 1. The van der Waals surface area contributed by atoms with E-state index in [9.17, 15) is 9.90 Å². The van der Waals surface area contributed by atoms with Gasteiger partial charge in [-0.25, -0.2) is 4.79 Å². The molecule has 1 N–H and O–H groups in total. The zero-order valence-electron chi connectivity index (χ0n) is 15.6. The molecule has 1 heterocycles. The summed E-state index contributed by atoms with van der Waals surface area (Å²) in [5, 5.41) is 10.7. The van der Waals surface area contributed by atoms with Gasteiger partial charge in [-0.3, -0.25) is 0 Å². The molecule has 1 saturated heterocycles. The summed E-state index contributed by atoms with van der Waals surface area (Å²) < 4.78 is 11.5. The van der Waals surface area contributed by atoms with Crippen molar-refractivity contribution in [2.45, 2.75) is 83.7 Å². The Hall–Kier alpha value is -0.653. The van der Waals surface area contributed by atoms with Crippen molar-refractivity contribution in [3.63, 3.8) is 0 Å². The Balaban J connectivity index is 2.69. The Morgan fingerprint density at radius 2 is 1.96 bits per heavy atom. The molecule has 1 rings (SSSR count). The number of esters is 1. The molecule has 0 aromatic rings. The summed E-state index contributed by atoms with van der Waals surface area (Å²) in [6.07, 6.45) is 2.98. The van der Waals surface area contributed by atoms with Crippen molar-refractivity contribution in [1.29, 1.82) is 0 Å². The zero-order chi connectivity index (χ0) is 17.8. The van der Waals surface area contributed by atoms with Crippen LogP contribution in [0.25, 0.3) is 0 Å². The summed E-state index contributed by atoms with van der Waals surface area (Å²) in [4.78, 5) is 11.8. The van der Waals surface area contributed by atoms with Crippen LogP contribution in [0.15, 0.2) is 12.2 Å². The molecule has 0 bridgehead atoms. The number of hydrogen-bond donors (Lipinski definition) is 1. The number of aliphatic hydroxyl groups is 1. The number of ether oxygens (including phenoxy) is 1. The van der Waals surface area contributed by atoms with Gasteiger partial charge in [-0.1, -0.05) is 47.1 Å². The molecule has 3 atom stereocenters. The molecule has 1 aliphatic rings. The van der Waals surface area contributed by atoms with Crippen LogP contribution >= 0.6 is 0 Å². The minimum absolute atomic E-state index is 0.0895. The number of carbonyl (C=O) groups excluding carboxylic acids is 1. The van der Waals surface area contributed by atoms with Gasteiger partial charge in [-0.2, -0.15) is 0 Å². The Morgan fingerprint density at radius 3 is 2.48 bits per heavy atom. The lowest BCUT2D eigenvalue weighted by Crippen LogP contribution is -2.44. The lowest BCUT2D eigenvalue weighted by Gasteiger charge is -2.37. The zero-order valence-corrected chi connectivity index (χ0v) is 16.6. The second kappa shape index (κ2) is 7.95. The van der Waals surface area contributed by atoms with Gasteiger partial charge >= 0.3 is 5.97 Å². The SMILES string of the molecule is C=C1C(=O)O[C@@H](CCCCC)[C@@H]1[C@H](O)CO[Si](C)(C)C(C)(C)C. The van der Waals surface area contributed by atoms with Gasteiger partial charge in [0.05, 0.1) is 18.6 Å². The van der Waals surface area contributed by atoms with Crippen LogP contribution in [-0.4, -0.2) is 38.2 Å². The molecule has 0 aliphatic carbocycles. The van der Waals surface area contributed by atoms with Crippen LogP contribution in [0.3, 0.4) is 0 Å². The minimum Gasteiger partial charge on any atom is -0.458 e. The maximum Gasteiger partial charge on any atom is 0.334 e. The highest BCUT2D eigenvalue weighted by Crippen LogP contribution is 2.38. The molecule has 4 nitrogen and oxygen atoms in total. The molecule has 23 heavy (non-hydrogen) atoms. The first-order chi connectivity index (χ1) is 10.5. The molecular weight excluding hydrogens is 308 g/mol. The fraction of sp³-hybridized carbons (Fsp3) is 0.833. The second-order valence-corrected chi connectivity index (χ2v) is 12.9. The van der Waals surface area contributed by atoms with Gasteiger partial charge in [0.25, 0.3) is 0 Å². The monoisotopic (exact) mass is 342 g/mol. The van der Waals surface area contributed by atoms with E-state index in [0.717, 1.165) is 25.7 Å². The molecule has 5 heteroatoms. The smallest absolute Gasteiger partial charge is 0.334 e. The van der Waals surface area contributed by atoms with E-state index in [2.05, 4.69) is 47.4 Å². The standard InChI is InChI=1S/C18H34O4Si/c1-8-9-10-11-15-16(13(2)17(20)22-15)14(19)12-21-23(6,7)18(3,4)5/h14-16,19H,2,8-12H2,1,3-7H3/t14-,15+,16+/m1/s1. The topological polar surface area (TPSA) is 55.8 Å². The Labute approximate surface area is 142 Å². The maximum atomic E-state index is 11.8. The fourth-order valence-corrected chi connectivity index (χ4v) is 3.60. The van der Waals surface area contributed by atoms with Crippen molar-refractivity contribution in [3.8, 4) is 0 Å². The molecule has 0 aromatic carbocycles. The number of hydrogen-bond acceptors (Lipinski definition) is 4.